The summed E-state index contributed by atoms with van der Waals surface area (Å²) >= 11 is 0. The molecule has 1 aromatic rings. The number of benzene rings is 1. The van der Waals surface area contributed by atoms with E-state index in [1.54, 1.807) is 0 Å². The fourth-order valence-corrected chi connectivity index (χ4v) is 0.818. The van der Waals surface area contributed by atoms with E-state index in [-0.39, 0.29) is 50.7 Å². The molecule has 0 radical (unpaired) electrons. The first-order chi connectivity index (χ1) is 5.89. The molecule has 0 N–H and O–H groups in total. The van der Waals surface area contributed by atoms with Gasteiger partial charge in [-0.25, -0.2) is 12.2 Å². The van der Waals surface area contributed by atoms with Gasteiger partial charge in [0.25, 0.3) is 0 Å². The molecule has 1 aromatic carbocycles. The Balaban J connectivity index is -0.000000165. The Morgan fingerprint density at radius 2 is 1.67 bits per heavy atom. The molecule has 0 unspecified atom stereocenters. The summed E-state index contributed by atoms with van der Waals surface area (Å²) in [6.07, 6.45) is 10.0. The van der Waals surface area contributed by atoms with Crippen molar-refractivity contribution in [2.24, 2.45) is 0 Å². The standard InChI is InChI=1S/C7H7.C5H5.2ClH.Hf/c1-7-5-3-2-4-6-7;1-2-4-5-3-1;;;/h2-6H,1H2;1-3H,4H2;2*1H;/q2*-1;;;+4/p-2. The molecule has 3 heteroatoms. The van der Waals surface area contributed by atoms with Crippen molar-refractivity contribution in [1.29, 1.82) is 0 Å². The van der Waals surface area contributed by atoms with Crippen molar-refractivity contribution in [3.63, 3.8) is 0 Å². The molecule has 0 nitrogen and oxygen atoms in total. The van der Waals surface area contributed by atoms with Crippen molar-refractivity contribution in [2.45, 2.75) is 6.42 Å². The summed E-state index contributed by atoms with van der Waals surface area (Å²) in [5.74, 6) is 0. The smallest absolute Gasteiger partial charge is 1.00 e. The normalized spacial score (nSPS) is 9.87. The average Bonchev–Trinajstić information content (AvgIpc) is 2.62. The van der Waals surface area contributed by atoms with Gasteiger partial charge in [-0.1, -0.05) is 6.07 Å². The van der Waals surface area contributed by atoms with Crippen LogP contribution in [-0.2, 0) is 25.8 Å². The summed E-state index contributed by atoms with van der Waals surface area (Å²) in [4.78, 5) is 0. The summed E-state index contributed by atoms with van der Waals surface area (Å²) in [5.41, 5.74) is 1.07. The van der Waals surface area contributed by atoms with Crippen molar-refractivity contribution in [3.8, 4) is 0 Å². The predicted molar refractivity (Wildman–Crippen MR) is 52.5 cm³/mol. The third-order valence-electron chi connectivity index (χ3n) is 1.43. The number of hydrogen-bond acceptors (Lipinski definition) is 0. The summed E-state index contributed by atoms with van der Waals surface area (Å²) < 4.78 is 0. The van der Waals surface area contributed by atoms with Gasteiger partial charge in [-0.2, -0.15) is 30.7 Å². The molecule has 0 saturated heterocycles. The molecule has 0 heterocycles. The van der Waals surface area contributed by atoms with Gasteiger partial charge in [0.2, 0.25) is 0 Å². The van der Waals surface area contributed by atoms with Gasteiger partial charge in [0.1, 0.15) is 0 Å². The Morgan fingerprint density at radius 3 is 1.87 bits per heavy atom. The molecule has 1 aliphatic rings. The van der Waals surface area contributed by atoms with Crippen LogP contribution in [0, 0.1) is 13.0 Å². The van der Waals surface area contributed by atoms with Gasteiger partial charge in [0.15, 0.2) is 0 Å². The number of allylic oxidation sites excluding steroid dienone is 4. The molecule has 0 aliphatic heterocycles. The first-order valence-electron chi connectivity index (χ1n) is 3.98. The maximum Gasteiger partial charge on any atom is 4.00 e. The first-order valence-corrected chi connectivity index (χ1v) is 3.98. The molecule has 0 aromatic heterocycles. The van der Waals surface area contributed by atoms with E-state index in [0.717, 1.165) is 12.0 Å². The molecule has 0 bridgehead atoms. The Bertz CT molecular complexity index is 258. The average molecular weight is 406 g/mol. The van der Waals surface area contributed by atoms with E-state index in [4.69, 9.17) is 0 Å². The zero-order valence-corrected chi connectivity index (χ0v) is 13.4. The van der Waals surface area contributed by atoms with Crippen LogP contribution in [0.1, 0.15) is 12.0 Å². The minimum atomic E-state index is 0. The van der Waals surface area contributed by atoms with Crippen LogP contribution < -0.4 is 24.8 Å². The van der Waals surface area contributed by atoms with E-state index >= 15 is 0 Å². The third-order valence-corrected chi connectivity index (χ3v) is 1.43. The minimum absolute atomic E-state index is 0. The van der Waals surface area contributed by atoms with Crippen LogP contribution in [0.5, 0.6) is 0 Å². The minimum Gasteiger partial charge on any atom is -1.00 e. The van der Waals surface area contributed by atoms with E-state index in [1.165, 1.54) is 0 Å². The fraction of sp³-hybridized carbons (Fsp3) is 0.0833. The number of hydrogen-bond donors (Lipinski definition) is 0. The van der Waals surface area contributed by atoms with Crippen LogP contribution >= 0.6 is 0 Å². The van der Waals surface area contributed by atoms with Gasteiger partial charge < -0.3 is 24.8 Å². The van der Waals surface area contributed by atoms with E-state index in [2.05, 4.69) is 19.1 Å². The van der Waals surface area contributed by atoms with E-state index in [0.29, 0.717) is 0 Å². The van der Waals surface area contributed by atoms with Gasteiger partial charge in [-0.3, -0.25) is 6.08 Å². The molecule has 0 saturated carbocycles. The monoisotopic (exact) mass is 406 g/mol. The molecule has 1 aliphatic carbocycles. The van der Waals surface area contributed by atoms with Crippen LogP contribution in [0.3, 0.4) is 0 Å². The first kappa shape index (κ1) is 20.4. The van der Waals surface area contributed by atoms with Crippen LogP contribution in [0.4, 0.5) is 0 Å². The molecule has 2 rings (SSSR count). The van der Waals surface area contributed by atoms with Crippen LogP contribution in [-0.4, -0.2) is 0 Å². The van der Waals surface area contributed by atoms with Crippen molar-refractivity contribution < 1.29 is 50.7 Å². The second-order valence-electron chi connectivity index (χ2n) is 2.49. The Labute approximate surface area is 123 Å². The van der Waals surface area contributed by atoms with Gasteiger partial charge in [0, 0.05) is 0 Å². The van der Waals surface area contributed by atoms with Gasteiger partial charge in [-0.15, -0.1) is 18.6 Å². The number of halogens is 2. The molecule has 78 valence electrons. The molecule has 0 atom stereocenters. The SMILES string of the molecule is [C-]1=CC=CC1.[CH2-]c1ccccc1.[Cl-].[Cl-].[Hf+4]. The van der Waals surface area contributed by atoms with Crippen LogP contribution in [0.15, 0.2) is 48.6 Å². The molecule has 0 fully saturated rings. The maximum atomic E-state index is 3.72. The Kier molecular flexibility index (Phi) is 19.1. The molecular weight excluding hydrogens is 394 g/mol. The van der Waals surface area contributed by atoms with E-state index in [9.17, 15) is 0 Å². The number of rotatable bonds is 0. The summed E-state index contributed by atoms with van der Waals surface area (Å²) in [6, 6.07) is 9.87. The third kappa shape index (κ3) is 11.9. The second kappa shape index (κ2) is 14.0. The maximum absolute atomic E-state index is 3.72. The summed E-state index contributed by atoms with van der Waals surface area (Å²) in [5, 5.41) is 0. The summed E-state index contributed by atoms with van der Waals surface area (Å²) in [7, 11) is 0. The van der Waals surface area contributed by atoms with Gasteiger partial charge in [-0.05, 0) is 0 Å². The molecular formula is C12H12Cl2Hf. The van der Waals surface area contributed by atoms with Crippen molar-refractivity contribution >= 4 is 0 Å². The van der Waals surface area contributed by atoms with Crippen molar-refractivity contribution in [3.05, 3.63) is 67.1 Å². The Morgan fingerprint density at radius 1 is 1.07 bits per heavy atom. The van der Waals surface area contributed by atoms with E-state index < -0.39 is 0 Å². The van der Waals surface area contributed by atoms with Crippen molar-refractivity contribution in [2.75, 3.05) is 0 Å². The van der Waals surface area contributed by atoms with Gasteiger partial charge in [0.05, 0.1) is 0 Å². The largest absolute Gasteiger partial charge is 4.00 e. The molecule has 15 heavy (non-hydrogen) atoms. The fourth-order valence-electron chi connectivity index (χ4n) is 0.818. The topological polar surface area (TPSA) is 0 Å². The zero-order valence-electron chi connectivity index (χ0n) is 8.29. The zero-order chi connectivity index (χ0) is 8.65. The van der Waals surface area contributed by atoms with Crippen LogP contribution in [0.25, 0.3) is 0 Å². The van der Waals surface area contributed by atoms with E-state index in [1.807, 2.05) is 42.5 Å². The second-order valence-corrected chi connectivity index (χ2v) is 2.49. The predicted octanol–water partition coefficient (Wildman–Crippen LogP) is -2.82. The quantitative estimate of drug-likeness (QED) is 0.323. The van der Waals surface area contributed by atoms with Crippen molar-refractivity contribution in [1.82, 2.24) is 0 Å². The van der Waals surface area contributed by atoms with Gasteiger partial charge >= 0.3 is 25.8 Å². The molecule has 0 spiro atoms. The molecule has 0 amide bonds. The summed E-state index contributed by atoms with van der Waals surface area (Å²) in [6.45, 7) is 3.72. The van der Waals surface area contributed by atoms with Crippen LogP contribution in [0.2, 0.25) is 0 Å². The Hall–Kier alpha value is 0.0201.